The molecule has 2 rings (SSSR count). The molecule has 0 radical (unpaired) electrons. The molecule has 0 atom stereocenters. The number of amides is 1. The molecule has 0 fully saturated rings. The molecule has 2 N–H and O–H groups in total. The zero-order valence-corrected chi connectivity index (χ0v) is 10.5. The number of aromatic nitrogens is 2. The Kier molecular flexibility index (Phi) is 3.32. The smallest absolute Gasteiger partial charge is 0.276 e. The number of hydrogen-bond donors (Lipinski definition) is 1. The summed E-state index contributed by atoms with van der Waals surface area (Å²) in [4.78, 5) is 14.1. The number of anilines is 2. The second-order valence-corrected chi connectivity index (χ2v) is 3.98. The van der Waals surface area contributed by atoms with Gasteiger partial charge in [0.25, 0.3) is 5.91 Å². The van der Waals surface area contributed by atoms with Crippen LogP contribution in [0.5, 0.6) is 0 Å². The van der Waals surface area contributed by atoms with Gasteiger partial charge in [-0.05, 0) is 37.3 Å². The van der Waals surface area contributed by atoms with Crippen molar-refractivity contribution in [3.8, 4) is 0 Å². The monoisotopic (exact) mass is 244 g/mol. The third-order valence-electron chi connectivity index (χ3n) is 2.81. The minimum absolute atomic E-state index is 0.0673. The summed E-state index contributed by atoms with van der Waals surface area (Å²) in [6, 6.07) is 8.96. The lowest BCUT2D eigenvalue weighted by Gasteiger charge is -2.21. The Labute approximate surface area is 106 Å². The normalized spacial score (nSPS) is 10.3. The van der Waals surface area contributed by atoms with Gasteiger partial charge in [0.1, 0.15) is 5.69 Å². The first-order valence-electron chi connectivity index (χ1n) is 5.79. The molecule has 0 aliphatic carbocycles. The van der Waals surface area contributed by atoms with Crippen LogP contribution in [0.15, 0.2) is 36.5 Å². The van der Waals surface area contributed by atoms with Gasteiger partial charge in [0, 0.05) is 31.2 Å². The topological polar surface area (TPSA) is 64.2 Å². The molecule has 0 bridgehead atoms. The predicted octanol–water partition coefficient (Wildman–Crippen LogP) is 1.67. The minimum Gasteiger partial charge on any atom is -0.399 e. The lowest BCUT2D eigenvalue weighted by molar-refractivity contribution is 0.0979. The van der Waals surface area contributed by atoms with Crippen molar-refractivity contribution in [1.82, 2.24) is 9.78 Å². The first-order valence-corrected chi connectivity index (χ1v) is 5.79. The predicted molar refractivity (Wildman–Crippen MR) is 71.4 cm³/mol. The van der Waals surface area contributed by atoms with Crippen molar-refractivity contribution >= 4 is 17.3 Å². The van der Waals surface area contributed by atoms with Crippen molar-refractivity contribution in [1.29, 1.82) is 0 Å². The Morgan fingerprint density at radius 1 is 1.33 bits per heavy atom. The number of nitrogens with two attached hydrogens (primary N) is 1. The molecular weight excluding hydrogens is 228 g/mol. The van der Waals surface area contributed by atoms with E-state index >= 15 is 0 Å². The van der Waals surface area contributed by atoms with E-state index in [9.17, 15) is 4.79 Å². The summed E-state index contributed by atoms with van der Waals surface area (Å²) in [6.45, 7) is 2.53. The van der Waals surface area contributed by atoms with Crippen molar-refractivity contribution in [2.75, 3.05) is 17.2 Å². The fourth-order valence-corrected chi connectivity index (χ4v) is 1.82. The lowest BCUT2D eigenvalue weighted by Crippen LogP contribution is -2.32. The van der Waals surface area contributed by atoms with E-state index < -0.39 is 0 Å². The number of rotatable bonds is 3. The van der Waals surface area contributed by atoms with Crippen LogP contribution in [0.2, 0.25) is 0 Å². The molecule has 2 aromatic rings. The first-order chi connectivity index (χ1) is 8.63. The van der Waals surface area contributed by atoms with Crippen molar-refractivity contribution in [2.45, 2.75) is 6.92 Å². The highest BCUT2D eigenvalue weighted by Crippen LogP contribution is 2.18. The average molecular weight is 244 g/mol. The van der Waals surface area contributed by atoms with Crippen LogP contribution in [0, 0.1) is 0 Å². The molecule has 0 saturated heterocycles. The summed E-state index contributed by atoms with van der Waals surface area (Å²) in [7, 11) is 1.75. The zero-order valence-electron chi connectivity index (χ0n) is 10.5. The molecule has 1 aromatic heterocycles. The highest BCUT2D eigenvalue weighted by Gasteiger charge is 2.18. The molecule has 1 aromatic carbocycles. The van der Waals surface area contributed by atoms with Crippen LogP contribution in [0.25, 0.3) is 0 Å². The minimum atomic E-state index is -0.0673. The van der Waals surface area contributed by atoms with E-state index in [0.29, 0.717) is 17.9 Å². The Bertz CT molecular complexity index is 544. The Hall–Kier alpha value is -2.30. The number of carbonyl (C=O) groups is 1. The molecule has 5 heteroatoms. The summed E-state index contributed by atoms with van der Waals surface area (Å²) in [5.41, 5.74) is 7.72. The standard InChI is InChI=1S/C13H16N4O/c1-3-17(11-6-4-10(14)5-7-11)13(18)12-8-9-15-16(12)2/h4-9H,3,14H2,1-2H3. The van der Waals surface area contributed by atoms with Crippen molar-refractivity contribution in [3.05, 3.63) is 42.2 Å². The quantitative estimate of drug-likeness (QED) is 0.835. The molecular formula is C13H16N4O. The number of aryl methyl sites for hydroxylation is 1. The van der Waals surface area contributed by atoms with Crippen LogP contribution in [0.4, 0.5) is 11.4 Å². The Balaban J connectivity index is 2.32. The maximum Gasteiger partial charge on any atom is 0.276 e. The largest absolute Gasteiger partial charge is 0.399 e. The van der Waals surface area contributed by atoms with Gasteiger partial charge >= 0.3 is 0 Å². The Morgan fingerprint density at radius 2 is 2.00 bits per heavy atom. The number of hydrogen-bond acceptors (Lipinski definition) is 3. The van der Waals surface area contributed by atoms with Crippen molar-refractivity contribution in [2.24, 2.45) is 7.05 Å². The van der Waals surface area contributed by atoms with E-state index in [4.69, 9.17) is 5.73 Å². The molecule has 0 aliphatic heterocycles. The summed E-state index contributed by atoms with van der Waals surface area (Å²) >= 11 is 0. The van der Waals surface area contributed by atoms with Gasteiger partial charge in [-0.25, -0.2) is 0 Å². The fourth-order valence-electron chi connectivity index (χ4n) is 1.82. The molecule has 0 saturated carbocycles. The van der Waals surface area contributed by atoms with Gasteiger partial charge in [-0.15, -0.1) is 0 Å². The SMILES string of the molecule is CCN(C(=O)c1ccnn1C)c1ccc(N)cc1. The number of carbonyl (C=O) groups excluding carboxylic acids is 1. The molecule has 0 spiro atoms. The van der Waals surface area contributed by atoms with Gasteiger partial charge < -0.3 is 10.6 Å². The van der Waals surface area contributed by atoms with Gasteiger partial charge in [-0.2, -0.15) is 5.10 Å². The molecule has 1 heterocycles. The van der Waals surface area contributed by atoms with E-state index in [1.807, 2.05) is 19.1 Å². The van der Waals surface area contributed by atoms with Crippen LogP contribution in [0.1, 0.15) is 17.4 Å². The van der Waals surface area contributed by atoms with Crippen LogP contribution >= 0.6 is 0 Å². The third kappa shape index (κ3) is 2.20. The Morgan fingerprint density at radius 3 is 2.50 bits per heavy atom. The summed E-state index contributed by atoms with van der Waals surface area (Å²) in [5, 5.41) is 4.01. The summed E-state index contributed by atoms with van der Waals surface area (Å²) in [5.74, 6) is -0.0673. The maximum absolute atomic E-state index is 12.4. The van der Waals surface area contributed by atoms with E-state index in [1.165, 1.54) is 0 Å². The number of benzene rings is 1. The molecule has 0 aliphatic rings. The van der Waals surface area contributed by atoms with E-state index in [2.05, 4.69) is 5.10 Å². The van der Waals surface area contributed by atoms with E-state index in [-0.39, 0.29) is 5.91 Å². The average Bonchev–Trinajstić information content (AvgIpc) is 2.78. The number of nitrogens with zero attached hydrogens (tertiary/aromatic N) is 3. The van der Waals surface area contributed by atoms with Crippen molar-refractivity contribution < 1.29 is 4.79 Å². The van der Waals surface area contributed by atoms with Crippen LogP contribution in [0.3, 0.4) is 0 Å². The van der Waals surface area contributed by atoms with E-state index in [0.717, 1.165) is 5.69 Å². The second kappa shape index (κ2) is 4.91. The van der Waals surface area contributed by atoms with Gasteiger partial charge in [0.05, 0.1) is 0 Å². The molecule has 94 valence electrons. The molecule has 5 nitrogen and oxygen atoms in total. The second-order valence-electron chi connectivity index (χ2n) is 3.98. The first kappa shape index (κ1) is 12.2. The van der Waals surface area contributed by atoms with Gasteiger partial charge in [-0.1, -0.05) is 0 Å². The van der Waals surface area contributed by atoms with Crippen LogP contribution in [-0.4, -0.2) is 22.2 Å². The summed E-state index contributed by atoms with van der Waals surface area (Å²) in [6.07, 6.45) is 1.62. The van der Waals surface area contributed by atoms with Gasteiger partial charge in [-0.3, -0.25) is 9.48 Å². The molecule has 0 unspecified atom stereocenters. The molecule has 1 amide bonds. The van der Waals surface area contributed by atoms with Gasteiger partial charge in [0.15, 0.2) is 0 Å². The summed E-state index contributed by atoms with van der Waals surface area (Å²) < 4.78 is 1.57. The number of nitrogen functional groups attached to an aromatic ring is 1. The van der Waals surface area contributed by atoms with Crippen LogP contribution in [-0.2, 0) is 7.05 Å². The maximum atomic E-state index is 12.4. The highest BCUT2D eigenvalue weighted by atomic mass is 16.2. The van der Waals surface area contributed by atoms with E-state index in [1.54, 1.807) is 41.0 Å². The lowest BCUT2D eigenvalue weighted by atomic mass is 10.2. The fraction of sp³-hybridized carbons (Fsp3) is 0.231. The molecule has 18 heavy (non-hydrogen) atoms. The highest BCUT2D eigenvalue weighted by molar-refractivity contribution is 6.04. The van der Waals surface area contributed by atoms with Crippen molar-refractivity contribution in [3.63, 3.8) is 0 Å². The zero-order chi connectivity index (χ0) is 13.1. The third-order valence-corrected chi connectivity index (χ3v) is 2.81. The van der Waals surface area contributed by atoms with Gasteiger partial charge in [0.2, 0.25) is 0 Å². The van der Waals surface area contributed by atoms with Crippen LogP contribution < -0.4 is 10.6 Å².